The number of hydrogen-bond donors (Lipinski definition) is 3. The van der Waals surface area contributed by atoms with Crippen LogP contribution in [-0.2, 0) is 4.79 Å². The van der Waals surface area contributed by atoms with Gasteiger partial charge in [0.1, 0.15) is 17.5 Å². The standard InChI is InChI=1S/C13H18ClN3O4/c1-7(12(18)17-13(19)15-2)16-9-5-8(14)10(20-3)6-11(9)21-4/h5-7,16H,1-4H3,(H2,15,17,18,19)/t7-/m0/s1. The number of nitrogens with one attached hydrogen (secondary N) is 3. The topological polar surface area (TPSA) is 88.7 Å². The molecular weight excluding hydrogens is 298 g/mol. The van der Waals surface area contributed by atoms with Gasteiger partial charge in [-0.25, -0.2) is 4.79 Å². The van der Waals surface area contributed by atoms with Gasteiger partial charge in [0, 0.05) is 13.1 Å². The first-order chi connectivity index (χ1) is 9.92. The Bertz CT molecular complexity index is 536. The summed E-state index contributed by atoms with van der Waals surface area (Å²) in [6.07, 6.45) is 0. The molecule has 21 heavy (non-hydrogen) atoms. The number of carbonyl (C=O) groups is 2. The van der Waals surface area contributed by atoms with Gasteiger partial charge in [0.15, 0.2) is 0 Å². The van der Waals surface area contributed by atoms with Crippen LogP contribution >= 0.6 is 11.6 Å². The summed E-state index contributed by atoms with van der Waals surface area (Å²) in [5, 5.41) is 7.78. The van der Waals surface area contributed by atoms with Gasteiger partial charge in [-0.3, -0.25) is 10.1 Å². The molecule has 3 N–H and O–H groups in total. The number of methoxy groups -OCH3 is 2. The molecule has 0 unspecified atom stereocenters. The Morgan fingerprint density at radius 1 is 1.19 bits per heavy atom. The Balaban J connectivity index is 2.89. The van der Waals surface area contributed by atoms with Crippen molar-refractivity contribution >= 4 is 29.2 Å². The molecule has 0 aliphatic rings. The van der Waals surface area contributed by atoms with Crippen LogP contribution in [0.15, 0.2) is 12.1 Å². The van der Waals surface area contributed by atoms with Gasteiger partial charge >= 0.3 is 6.03 Å². The van der Waals surface area contributed by atoms with Gasteiger partial charge in [0.25, 0.3) is 0 Å². The molecule has 0 heterocycles. The molecule has 0 bridgehead atoms. The molecule has 1 atom stereocenters. The quantitative estimate of drug-likeness (QED) is 0.768. The lowest BCUT2D eigenvalue weighted by Gasteiger charge is -2.18. The van der Waals surface area contributed by atoms with Gasteiger partial charge in [-0.15, -0.1) is 0 Å². The Kier molecular flexibility index (Phi) is 6.10. The number of imide groups is 1. The highest BCUT2D eigenvalue weighted by Crippen LogP contribution is 2.36. The van der Waals surface area contributed by atoms with Crippen molar-refractivity contribution in [2.45, 2.75) is 13.0 Å². The first kappa shape index (κ1) is 16.9. The van der Waals surface area contributed by atoms with Crippen LogP contribution in [0, 0.1) is 0 Å². The van der Waals surface area contributed by atoms with E-state index in [1.54, 1.807) is 19.1 Å². The maximum Gasteiger partial charge on any atom is 0.321 e. The van der Waals surface area contributed by atoms with E-state index in [2.05, 4.69) is 16.0 Å². The molecule has 116 valence electrons. The first-order valence-electron chi connectivity index (χ1n) is 6.13. The fourth-order valence-corrected chi connectivity index (χ4v) is 1.80. The van der Waals surface area contributed by atoms with E-state index in [0.717, 1.165) is 0 Å². The molecule has 0 saturated heterocycles. The second-order valence-electron chi connectivity index (χ2n) is 4.12. The van der Waals surface area contributed by atoms with Crippen LogP contribution < -0.4 is 25.4 Å². The van der Waals surface area contributed by atoms with Crippen LogP contribution in [0.25, 0.3) is 0 Å². The predicted octanol–water partition coefficient (Wildman–Crippen LogP) is 1.61. The molecule has 0 saturated carbocycles. The lowest BCUT2D eigenvalue weighted by Crippen LogP contribution is -2.44. The maximum absolute atomic E-state index is 11.8. The molecule has 1 rings (SSSR count). The van der Waals surface area contributed by atoms with Crippen molar-refractivity contribution in [1.29, 1.82) is 0 Å². The summed E-state index contributed by atoms with van der Waals surface area (Å²) in [6, 6.07) is 1.95. The number of benzene rings is 1. The molecule has 0 fully saturated rings. The Hall–Kier alpha value is -2.15. The number of hydrogen-bond acceptors (Lipinski definition) is 5. The minimum absolute atomic E-state index is 0.375. The molecule has 0 aliphatic carbocycles. The molecule has 0 radical (unpaired) electrons. The normalized spacial score (nSPS) is 11.3. The number of rotatable bonds is 5. The first-order valence-corrected chi connectivity index (χ1v) is 6.51. The number of carbonyl (C=O) groups excluding carboxylic acids is 2. The summed E-state index contributed by atoms with van der Waals surface area (Å²) in [4.78, 5) is 22.9. The summed E-state index contributed by atoms with van der Waals surface area (Å²) in [6.45, 7) is 1.61. The number of amides is 3. The minimum atomic E-state index is -0.666. The fraction of sp³-hybridized carbons (Fsp3) is 0.385. The van der Waals surface area contributed by atoms with E-state index in [-0.39, 0.29) is 0 Å². The molecule has 7 nitrogen and oxygen atoms in total. The Morgan fingerprint density at radius 2 is 1.81 bits per heavy atom. The molecule has 8 heteroatoms. The van der Waals surface area contributed by atoms with Crippen molar-refractivity contribution in [2.24, 2.45) is 0 Å². The highest BCUT2D eigenvalue weighted by Gasteiger charge is 2.18. The minimum Gasteiger partial charge on any atom is -0.495 e. The van der Waals surface area contributed by atoms with E-state index < -0.39 is 18.0 Å². The van der Waals surface area contributed by atoms with Crippen LogP contribution in [0.5, 0.6) is 11.5 Å². The van der Waals surface area contributed by atoms with Crippen LogP contribution in [0.1, 0.15) is 6.92 Å². The second kappa shape index (κ2) is 7.58. The van der Waals surface area contributed by atoms with Crippen molar-refractivity contribution in [3.63, 3.8) is 0 Å². The van der Waals surface area contributed by atoms with E-state index in [1.165, 1.54) is 21.3 Å². The Labute approximate surface area is 127 Å². The monoisotopic (exact) mass is 315 g/mol. The van der Waals surface area contributed by atoms with Gasteiger partial charge in [-0.05, 0) is 13.0 Å². The van der Waals surface area contributed by atoms with Gasteiger partial charge < -0.3 is 20.1 Å². The molecular formula is C13H18ClN3O4. The molecule has 1 aromatic carbocycles. The zero-order chi connectivity index (χ0) is 16.0. The third-order valence-corrected chi connectivity index (χ3v) is 3.00. The Morgan fingerprint density at radius 3 is 2.33 bits per heavy atom. The van der Waals surface area contributed by atoms with Crippen LogP contribution in [0.4, 0.5) is 10.5 Å². The number of ether oxygens (including phenoxy) is 2. The van der Waals surface area contributed by atoms with Crippen molar-refractivity contribution in [2.75, 3.05) is 26.6 Å². The predicted molar refractivity (Wildman–Crippen MR) is 80.2 cm³/mol. The number of urea groups is 1. The third kappa shape index (κ3) is 4.42. The van der Waals surface area contributed by atoms with Gasteiger partial charge in [-0.2, -0.15) is 0 Å². The van der Waals surface area contributed by atoms with Crippen molar-refractivity contribution in [1.82, 2.24) is 10.6 Å². The average Bonchev–Trinajstić information content (AvgIpc) is 2.47. The molecule has 1 aromatic rings. The van der Waals surface area contributed by atoms with E-state index in [0.29, 0.717) is 22.2 Å². The summed E-state index contributed by atoms with van der Waals surface area (Å²) in [7, 11) is 4.41. The number of anilines is 1. The lowest BCUT2D eigenvalue weighted by atomic mass is 10.2. The summed E-state index contributed by atoms with van der Waals surface area (Å²) in [5.41, 5.74) is 0.517. The van der Waals surface area contributed by atoms with E-state index in [9.17, 15) is 9.59 Å². The van der Waals surface area contributed by atoms with E-state index >= 15 is 0 Å². The van der Waals surface area contributed by atoms with Gasteiger partial charge in [0.2, 0.25) is 5.91 Å². The van der Waals surface area contributed by atoms with E-state index in [1.807, 2.05) is 0 Å². The SMILES string of the molecule is CNC(=O)NC(=O)[C@H](C)Nc1cc(Cl)c(OC)cc1OC. The van der Waals surface area contributed by atoms with E-state index in [4.69, 9.17) is 21.1 Å². The zero-order valence-corrected chi connectivity index (χ0v) is 13.0. The summed E-state index contributed by atoms with van der Waals surface area (Å²) >= 11 is 6.04. The molecule has 3 amide bonds. The van der Waals surface area contributed by atoms with Crippen molar-refractivity contribution in [3.05, 3.63) is 17.2 Å². The highest BCUT2D eigenvalue weighted by molar-refractivity contribution is 6.32. The van der Waals surface area contributed by atoms with Crippen LogP contribution in [0.3, 0.4) is 0 Å². The van der Waals surface area contributed by atoms with Crippen LogP contribution in [0.2, 0.25) is 5.02 Å². The number of halogens is 1. The average molecular weight is 316 g/mol. The maximum atomic E-state index is 11.8. The zero-order valence-electron chi connectivity index (χ0n) is 12.2. The van der Waals surface area contributed by atoms with Gasteiger partial charge in [0.05, 0.1) is 24.9 Å². The van der Waals surface area contributed by atoms with Crippen molar-refractivity contribution in [3.8, 4) is 11.5 Å². The van der Waals surface area contributed by atoms with Crippen LogP contribution in [-0.4, -0.2) is 39.2 Å². The smallest absolute Gasteiger partial charge is 0.321 e. The third-order valence-electron chi connectivity index (χ3n) is 2.70. The fourth-order valence-electron chi connectivity index (χ4n) is 1.55. The van der Waals surface area contributed by atoms with Crippen molar-refractivity contribution < 1.29 is 19.1 Å². The highest BCUT2D eigenvalue weighted by atomic mass is 35.5. The summed E-state index contributed by atoms with van der Waals surface area (Å²) < 4.78 is 10.3. The second-order valence-corrected chi connectivity index (χ2v) is 4.53. The largest absolute Gasteiger partial charge is 0.495 e. The molecule has 0 aliphatic heterocycles. The molecule has 0 spiro atoms. The summed E-state index contributed by atoms with van der Waals surface area (Å²) in [5.74, 6) is 0.445. The molecule has 0 aromatic heterocycles. The van der Waals surface area contributed by atoms with Gasteiger partial charge in [-0.1, -0.05) is 11.6 Å². The lowest BCUT2D eigenvalue weighted by molar-refractivity contribution is -0.120.